The average molecular weight is 407 g/mol. The first-order chi connectivity index (χ1) is 14.5. The van der Waals surface area contributed by atoms with Crippen LogP contribution in [0.5, 0.6) is 11.5 Å². The number of carbonyl (C=O) groups excluding carboxylic acids is 2. The summed E-state index contributed by atoms with van der Waals surface area (Å²) in [5.74, 6) is -0.279. The Kier molecular flexibility index (Phi) is 6.57. The van der Waals surface area contributed by atoms with Gasteiger partial charge >= 0.3 is 0 Å². The molecule has 1 amide bonds. The van der Waals surface area contributed by atoms with Gasteiger partial charge in [-0.3, -0.25) is 9.59 Å². The monoisotopic (exact) mass is 407 g/mol. The molecule has 6 heteroatoms. The Labute approximate surface area is 176 Å². The van der Waals surface area contributed by atoms with Crippen LogP contribution in [0.4, 0.5) is 0 Å². The molecule has 0 bridgehead atoms. The van der Waals surface area contributed by atoms with Crippen LogP contribution in [0.2, 0.25) is 0 Å². The van der Waals surface area contributed by atoms with Gasteiger partial charge in [-0.2, -0.15) is 0 Å². The minimum Gasteiger partial charge on any atom is -0.507 e. The van der Waals surface area contributed by atoms with E-state index in [9.17, 15) is 14.7 Å². The Morgan fingerprint density at radius 1 is 1.10 bits per heavy atom. The van der Waals surface area contributed by atoms with Crippen LogP contribution >= 0.6 is 0 Å². The first kappa shape index (κ1) is 21.2. The zero-order valence-corrected chi connectivity index (χ0v) is 17.1. The highest BCUT2D eigenvalue weighted by atomic mass is 16.5. The third kappa shape index (κ3) is 4.08. The molecule has 1 aliphatic heterocycles. The van der Waals surface area contributed by atoms with Crippen LogP contribution in [0, 0.1) is 0 Å². The fourth-order valence-electron chi connectivity index (χ4n) is 3.42. The van der Waals surface area contributed by atoms with E-state index < -0.39 is 17.7 Å². The normalized spacial score (nSPS) is 17.8. The summed E-state index contributed by atoms with van der Waals surface area (Å²) in [5, 5.41) is 11.0. The topological polar surface area (TPSA) is 76.1 Å². The summed E-state index contributed by atoms with van der Waals surface area (Å²) in [4.78, 5) is 26.9. The molecule has 1 fully saturated rings. The SMILES string of the molecule is C=CCN1C(=O)C(=O)/C(=C(\O)c2ccc(OCCC)cc2)C1c1ccc(OC)cc1. The van der Waals surface area contributed by atoms with Gasteiger partial charge in [0.25, 0.3) is 11.7 Å². The average Bonchev–Trinajstić information content (AvgIpc) is 3.03. The highest BCUT2D eigenvalue weighted by Crippen LogP contribution is 2.39. The summed E-state index contributed by atoms with van der Waals surface area (Å²) >= 11 is 0. The van der Waals surface area contributed by atoms with E-state index in [1.54, 1.807) is 61.7 Å². The molecule has 3 rings (SSSR count). The van der Waals surface area contributed by atoms with Gasteiger partial charge in [-0.15, -0.1) is 6.58 Å². The highest BCUT2D eigenvalue weighted by molar-refractivity contribution is 6.46. The molecular formula is C24H25NO5. The standard InChI is InChI=1S/C24H25NO5/c1-4-14-25-21(16-6-10-18(29-3)11-7-16)20(23(27)24(25)28)22(26)17-8-12-19(13-9-17)30-15-5-2/h4,6-13,21,26H,1,5,14-15H2,2-3H3/b22-20-. The van der Waals surface area contributed by atoms with Gasteiger partial charge < -0.3 is 19.5 Å². The second-order valence-electron chi connectivity index (χ2n) is 6.89. The first-order valence-electron chi connectivity index (χ1n) is 9.78. The second-order valence-corrected chi connectivity index (χ2v) is 6.89. The molecule has 1 saturated heterocycles. The molecule has 30 heavy (non-hydrogen) atoms. The van der Waals surface area contributed by atoms with E-state index in [-0.39, 0.29) is 17.9 Å². The van der Waals surface area contributed by atoms with Crippen molar-refractivity contribution in [3.05, 3.63) is 77.9 Å². The number of benzene rings is 2. The van der Waals surface area contributed by atoms with Crippen molar-refractivity contribution in [1.82, 2.24) is 4.90 Å². The molecule has 0 radical (unpaired) electrons. The first-order valence-corrected chi connectivity index (χ1v) is 9.78. The molecule has 2 aromatic rings. The number of Topliss-reactive ketones (excluding diaryl/α,β-unsaturated/α-hetero) is 1. The molecule has 0 aliphatic carbocycles. The number of ketones is 1. The minimum absolute atomic E-state index is 0.0502. The number of likely N-dealkylation sites (tertiary alicyclic amines) is 1. The van der Waals surface area contributed by atoms with Crippen LogP contribution in [0.3, 0.4) is 0 Å². The number of methoxy groups -OCH3 is 1. The van der Waals surface area contributed by atoms with Crippen molar-refractivity contribution in [3.8, 4) is 11.5 Å². The third-order valence-corrected chi connectivity index (χ3v) is 4.90. The number of nitrogens with zero attached hydrogens (tertiary/aromatic N) is 1. The van der Waals surface area contributed by atoms with Gasteiger partial charge in [-0.1, -0.05) is 25.1 Å². The Morgan fingerprint density at radius 3 is 2.30 bits per heavy atom. The molecular weight excluding hydrogens is 382 g/mol. The molecule has 2 aromatic carbocycles. The summed E-state index contributed by atoms with van der Waals surface area (Å²) in [5.41, 5.74) is 1.18. The van der Waals surface area contributed by atoms with Crippen LogP contribution in [0.1, 0.15) is 30.5 Å². The molecule has 0 aromatic heterocycles. The number of hydrogen-bond acceptors (Lipinski definition) is 5. The Balaban J connectivity index is 2.06. The van der Waals surface area contributed by atoms with Gasteiger partial charge in [0.15, 0.2) is 0 Å². The number of ether oxygens (including phenoxy) is 2. The number of carbonyl (C=O) groups is 2. The van der Waals surface area contributed by atoms with Gasteiger partial charge in [-0.05, 0) is 48.4 Å². The zero-order valence-electron chi connectivity index (χ0n) is 17.1. The quantitative estimate of drug-likeness (QED) is 0.309. The molecule has 0 spiro atoms. The molecule has 1 heterocycles. The van der Waals surface area contributed by atoms with Gasteiger partial charge in [0, 0.05) is 12.1 Å². The lowest BCUT2D eigenvalue weighted by atomic mass is 9.95. The van der Waals surface area contributed by atoms with Crippen LogP contribution in [0.15, 0.2) is 66.8 Å². The smallest absolute Gasteiger partial charge is 0.295 e. The van der Waals surface area contributed by atoms with Gasteiger partial charge in [0.1, 0.15) is 17.3 Å². The van der Waals surface area contributed by atoms with E-state index >= 15 is 0 Å². The van der Waals surface area contributed by atoms with Crippen LogP contribution in [0.25, 0.3) is 5.76 Å². The Bertz CT molecular complexity index is 960. The summed E-state index contributed by atoms with van der Waals surface area (Å²) in [6, 6.07) is 13.1. The van der Waals surface area contributed by atoms with E-state index in [0.717, 1.165) is 6.42 Å². The van der Waals surface area contributed by atoms with Crippen molar-refractivity contribution in [2.75, 3.05) is 20.3 Å². The van der Waals surface area contributed by atoms with Crippen molar-refractivity contribution in [2.45, 2.75) is 19.4 Å². The largest absolute Gasteiger partial charge is 0.507 e. The van der Waals surface area contributed by atoms with E-state index in [1.807, 2.05) is 6.92 Å². The van der Waals surface area contributed by atoms with Gasteiger partial charge in [-0.25, -0.2) is 0 Å². The number of amides is 1. The minimum atomic E-state index is -0.721. The third-order valence-electron chi connectivity index (χ3n) is 4.90. The van der Waals surface area contributed by atoms with Crippen molar-refractivity contribution >= 4 is 17.4 Å². The zero-order chi connectivity index (χ0) is 21.7. The molecule has 1 atom stereocenters. The highest BCUT2D eigenvalue weighted by Gasteiger charge is 2.45. The molecule has 156 valence electrons. The van der Waals surface area contributed by atoms with Gasteiger partial charge in [0.05, 0.1) is 25.3 Å². The van der Waals surface area contributed by atoms with E-state index in [4.69, 9.17) is 9.47 Å². The maximum Gasteiger partial charge on any atom is 0.295 e. The molecule has 1 aliphatic rings. The summed E-state index contributed by atoms with van der Waals surface area (Å²) in [6.45, 7) is 6.47. The van der Waals surface area contributed by atoms with E-state index in [2.05, 4.69) is 6.58 Å². The predicted molar refractivity (Wildman–Crippen MR) is 114 cm³/mol. The maximum atomic E-state index is 12.8. The van der Waals surface area contributed by atoms with Gasteiger partial charge in [0.2, 0.25) is 0 Å². The number of aliphatic hydroxyl groups excluding tert-OH is 1. The molecule has 1 unspecified atom stereocenters. The van der Waals surface area contributed by atoms with E-state index in [0.29, 0.717) is 29.2 Å². The van der Waals surface area contributed by atoms with Crippen molar-refractivity contribution < 1.29 is 24.2 Å². The lowest BCUT2D eigenvalue weighted by Gasteiger charge is -2.24. The predicted octanol–water partition coefficient (Wildman–Crippen LogP) is 4.09. The van der Waals surface area contributed by atoms with Crippen LogP contribution in [-0.2, 0) is 9.59 Å². The Morgan fingerprint density at radius 2 is 1.73 bits per heavy atom. The Hall–Kier alpha value is -3.54. The molecule has 1 N–H and O–H groups in total. The number of hydrogen-bond donors (Lipinski definition) is 1. The number of rotatable bonds is 8. The fraction of sp³-hybridized carbons (Fsp3) is 0.250. The fourth-order valence-corrected chi connectivity index (χ4v) is 3.42. The van der Waals surface area contributed by atoms with Crippen LogP contribution in [-0.4, -0.2) is 42.0 Å². The summed E-state index contributed by atoms with van der Waals surface area (Å²) in [6.07, 6.45) is 2.44. The molecule has 0 saturated carbocycles. The number of aliphatic hydroxyl groups is 1. The van der Waals surface area contributed by atoms with Crippen molar-refractivity contribution in [2.24, 2.45) is 0 Å². The summed E-state index contributed by atoms with van der Waals surface area (Å²) in [7, 11) is 1.56. The van der Waals surface area contributed by atoms with Crippen LogP contribution < -0.4 is 9.47 Å². The summed E-state index contributed by atoms with van der Waals surface area (Å²) < 4.78 is 10.8. The van der Waals surface area contributed by atoms with Crippen molar-refractivity contribution in [1.29, 1.82) is 0 Å². The van der Waals surface area contributed by atoms with E-state index in [1.165, 1.54) is 4.90 Å². The molecule has 6 nitrogen and oxygen atoms in total. The maximum absolute atomic E-state index is 12.8. The second kappa shape index (κ2) is 9.31. The van der Waals surface area contributed by atoms with Crippen molar-refractivity contribution in [3.63, 3.8) is 0 Å². The lowest BCUT2D eigenvalue weighted by Crippen LogP contribution is -2.29. The lowest BCUT2D eigenvalue weighted by molar-refractivity contribution is -0.139.